The Morgan fingerprint density at radius 3 is 1.60 bits per heavy atom. The molecule has 0 fully saturated rings. The molecule has 0 atom stereocenters. The van der Waals surface area contributed by atoms with Crippen molar-refractivity contribution in [1.29, 1.82) is 0 Å². The van der Waals surface area contributed by atoms with E-state index in [0.29, 0.717) is 25.0 Å². The van der Waals surface area contributed by atoms with E-state index in [0.717, 1.165) is 25.7 Å². The summed E-state index contributed by atoms with van der Waals surface area (Å²) in [4.78, 5) is 0. The highest BCUT2D eigenvalue weighted by Crippen LogP contribution is 2.49. The van der Waals surface area contributed by atoms with E-state index in [-0.39, 0.29) is 0 Å². The van der Waals surface area contributed by atoms with Gasteiger partial charge in [0.05, 0.1) is 13.2 Å². The summed E-state index contributed by atoms with van der Waals surface area (Å²) in [5.74, 6) is 2.74. The molecule has 0 spiro atoms. The molecule has 0 saturated heterocycles. The molecule has 0 aromatic carbocycles. The third-order valence-electron chi connectivity index (χ3n) is 3.12. The molecule has 0 bridgehead atoms. The van der Waals surface area contributed by atoms with Crippen LogP contribution in [0.3, 0.4) is 0 Å². The summed E-state index contributed by atoms with van der Waals surface area (Å²) in [6, 6.07) is 0. The van der Waals surface area contributed by atoms with Gasteiger partial charge in [0.15, 0.2) is 0 Å². The van der Waals surface area contributed by atoms with Gasteiger partial charge in [-0.3, -0.25) is 4.57 Å². The minimum atomic E-state index is -3.06. The number of hydrogen-bond donors (Lipinski definition) is 0. The largest absolute Gasteiger partial charge is 0.353 e. The van der Waals surface area contributed by atoms with Gasteiger partial charge in [-0.25, -0.2) is 0 Å². The molecule has 0 saturated carbocycles. The fraction of sp³-hybridized carbons (Fsp3) is 0.875. The van der Waals surface area contributed by atoms with Crippen molar-refractivity contribution in [3.63, 3.8) is 0 Å². The zero-order valence-corrected chi connectivity index (χ0v) is 14.7. The fourth-order valence-corrected chi connectivity index (χ4v) is 2.89. The second kappa shape index (κ2) is 11.5. The van der Waals surface area contributed by atoms with Crippen LogP contribution in [0.25, 0.3) is 0 Å². The van der Waals surface area contributed by atoms with E-state index >= 15 is 0 Å². The van der Waals surface area contributed by atoms with Crippen LogP contribution in [-0.4, -0.2) is 13.2 Å². The van der Waals surface area contributed by atoms with Gasteiger partial charge in [0.25, 0.3) is 0 Å². The Kier molecular flexibility index (Phi) is 11.5. The molecule has 3 nitrogen and oxygen atoms in total. The molecule has 0 aliphatic carbocycles. The smallest absolute Gasteiger partial charge is 0.306 e. The molecule has 120 valence electrons. The average molecular weight is 304 g/mol. The minimum absolute atomic E-state index is 0.488. The van der Waals surface area contributed by atoms with Gasteiger partial charge in [0.2, 0.25) is 0 Å². The van der Waals surface area contributed by atoms with E-state index in [1.165, 1.54) is 18.7 Å². The number of hydrogen-bond acceptors (Lipinski definition) is 3. The highest BCUT2D eigenvalue weighted by molar-refractivity contribution is 7.57. The summed E-state index contributed by atoms with van der Waals surface area (Å²) in [6.07, 6.45) is 6.40. The van der Waals surface area contributed by atoms with Crippen molar-refractivity contribution in [2.75, 3.05) is 13.2 Å². The summed E-state index contributed by atoms with van der Waals surface area (Å²) in [5, 5.41) is 0. The van der Waals surface area contributed by atoms with Crippen molar-refractivity contribution >= 4 is 7.60 Å². The molecular weight excluding hydrogens is 271 g/mol. The first-order valence-electron chi connectivity index (χ1n) is 7.92. The second-order valence-electron chi connectivity index (χ2n) is 6.17. The molecule has 0 heterocycles. The van der Waals surface area contributed by atoms with E-state index in [1.807, 2.05) is 0 Å². The number of unbranched alkanes of at least 4 members (excludes halogenated alkanes) is 2. The summed E-state index contributed by atoms with van der Waals surface area (Å²) < 4.78 is 23.0. The lowest BCUT2D eigenvalue weighted by Gasteiger charge is -2.15. The van der Waals surface area contributed by atoms with Crippen LogP contribution in [0.1, 0.15) is 66.2 Å². The lowest BCUT2D eigenvalue weighted by molar-refractivity contribution is 0.204. The predicted octanol–water partition coefficient (Wildman–Crippen LogP) is 6.01. The van der Waals surface area contributed by atoms with Gasteiger partial charge in [-0.05, 0) is 24.7 Å². The van der Waals surface area contributed by atoms with Gasteiger partial charge >= 0.3 is 7.60 Å². The maximum absolute atomic E-state index is 12.2. The lowest BCUT2D eigenvalue weighted by atomic mass is 10.1. The van der Waals surface area contributed by atoms with Gasteiger partial charge in [-0.2, -0.15) is 0 Å². The Morgan fingerprint density at radius 1 is 0.900 bits per heavy atom. The van der Waals surface area contributed by atoms with Gasteiger partial charge in [-0.1, -0.05) is 60.0 Å². The van der Waals surface area contributed by atoms with Crippen molar-refractivity contribution in [3.8, 4) is 0 Å². The highest BCUT2D eigenvalue weighted by atomic mass is 31.2. The van der Waals surface area contributed by atoms with E-state index in [4.69, 9.17) is 9.05 Å². The van der Waals surface area contributed by atoms with Crippen LogP contribution in [-0.2, 0) is 13.6 Å². The van der Waals surface area contributed by atoms with Gasteiger partial charge in [0, 0.05) is 5.82 Å². The Morgan fingerprint density at radius 2 is 1.30 bits per heavy atom. The Bertz CT molecular complexity index is 265. The standard InChI is InChI=1S/C16H33O3P/c1-6-20(17,18-13-9-7-11-15(2)3)19-14-10-8-12-16(4)5/h6,15-16H,1,7-14H2,2-5H3. The zero-order chi connectivity index (χ0) is 15.4. The fourth-order valence-electron chi connectivity index (χ4n) is 1.84. The molecule has 0 aromatic rings. The van der Waals surface area contributed by atoms with E-state index in [2.05, 4.69) is 34.3 Å². The molecule has 0 unspecified atom stereocenters. The average Bonchev–Trinajstić information content (AvgIpc) is 2.37. The van der Waals surface area contributed by atoms with Crippen molar-refractivity contribution in [3.05, 3.63) is 12.4 Å². The van der Waals surface area contributed by atoms with Crippen LogP contribution in [0.5, 0.6) is 0 Å². The second-order valence-corrected chi connectivity index (χ2v) is 8.13. The summed E-state index contributed by atoms with van der Waals surface area (Å²) in [5.41, 5.74) is 0. The summed E-state index contributed by atoms with van der Waals surface area (Å²) in [6.45, 7) is 13.4. The third kappa shape index (κ3) is 11.7. The summed E-state index contributed by atoms with van der Waals surface area (Å²) >= 11 is 0. The molecule has 0 radical (unpaired) electrons. The van der Waals surface area contributed by atoms with Gasteiger partial charge in [0.1, 0.15) is 0 Å². The highest BCUT2D eigenvalue weighted by Gasteiger charge is 2.19. The molecule has 0 aromatic heterocycles. The molecule has 0 rings (SSSR count). The van der Waals surface area contributed by atoms with Crippen LogP contribution >= 0.6 is 7.60 Å². The van der Waals surface area contributed by atoms with Crippen LogP contribution in [0.4, 0.5) is 0 Å². The lowest BCUT2D eigenvalue weighted by Crippen LogP contribution is -1.99. The maximum Gasteiger partial charge on any atom is 0.353 e. The quantitative estimate of drug-likeness (QED) is 0.309. The molecule has 4 heteroatoms. The molecular formula is C16H33O3P. The molecule has 20 heavy (non-hydrogen) atoms. The van der Waals surface area contributed by atoms with Crippen molar-refractivity contribution in [2.24, 2.45) is 11.8 Å². The van der Waals surface area contributed by atoms with Crippen LogP contribution in [0.2, 0.25) is 0 Å². The van der Waals surface area contributed by atoms with Crippen molar-refractivity contribution in [2.45, 2.75) is 66.2 Å². The van der Waals surface area contributed by atoms with Crippen LogP contribution in [0.15, 0.2) is 12.4 Å². The first kappa shape index (κ1) is 19.9. The molecule has 0 aliphatic heterocycles. The van der Waals surface area contributed by atoms with E-state index < -0.39 is 7.60 Å². The first-order chi connectivity index (χ1) is 9.39. The van der Waals surface area contributed by atoms with Crippen LogP contribution < -0.4 is 0 Å². The zero-order valence-electron chi connectivity index (χ0n) is 13.8. The van der Waals surface area contributed by atoms with E-state index in [1.54, 1.807) is 0 Å². The third-order valence-corrected chi connectivity index (χ3v) is 4.65. The topological polar surface area (TPSA) is 35.5 Å². The van der Waals surface area contributed by atoms with Crippen molar-refractivity contribution in [1.82, 2.24) is 0 Å². The Labute approximate surface area is 125 Å². The molecule has 0 N–H and O–H groups in total. The van der Waals surface area contributed by atoms with Gasteiger partial charge < -0.3 is 9.05 Å². The molecule has 0 amide bonds. The predicted molar refractivity (Wildman–Crippen MR) is 87.1 cm³/mol. The normalized spacial score (nSPS) is 12.3. The first-order valence-corrected chi connectivity index (χ1v) is 9.53. The van der Waals surface area contributed by atoms with Crippen molar-refractivity contribution < 1.29 is 13.6 Å². The monoisotopic (exact) mass is 304 g/mol. The van der Waals surface area contributed by atoms with E-state index in [9.17, 15) is 4.57 Å². The minimum Gasteiger partial charge on any atom is -0.306 e. The SMILES string of the molecule is C=CP(=O)(OCCCCC(C)C)OCCCCC(C)C. The Balaban J connectivity index is 3.73. The molecule has 0 aliphatic rings. The van der Waals surface area contributed by atoms with Crippen LogP contribution in [0, 0.1) is 11.8 Å². The maximum atomic E-state index is 12.2. The summed E-state index contributed by atoms with van der Waals surface area (Å²) in [7, 11) is -3.06. The van der Waals surface area contributed by atoms with Gasteiger partial charge in [-0.15, -0.1) is 0 Å². The number of rotatable bonds is 13. The Hall–Kier alpha value is -0.110.